The zero-order valence-corrected chi connectivity index (χ0v) is 20.5. The van der Waals surface area contributed by atoms with Crippen molar-refractivity contribution in [1.82, 2.24) is 19.3 Å². The number of thiazole rings is 1. The lowest BCUT2D eigenvalue weighted by atomic mass is 10.0. The molecule has 0 saturated carbocycles. The van der Waals surface area contributed by atoms with E-state index in [1.165, 1.54) is 23.2 Å². The molecule has 1 amide bonds. The van der Waals surface area contributed by atoms with E-state index in [1.807, 2.05) is 0 Å². The number of carbonyl (C=O) groups excluding carboxylic acids is 1. The summed E-state index contributed by atoms with van der Waals surface area (Å²) in [6, 6.07) is 6.71. The summed E-state index contributed by atoms with van der Waals surface area (Å²) in [5, 5.41) is 6.82. The molecule has 0 unspecified atom stereocenters. The second-order valence-electron chi connectivity index (χ2n) is 8.38. The number of hydrogen-bond donors (Lipinski definition) is 1. The fourth-order valence-corrected chi connectivity index (χ4v) is 4.68. The van der Waals surface area contributed by atoms with Crippen molar-refractivity contribution in [3.05, 3.63) is 60.0 Å². The fourth-order valence-electron chi connectivity index (χ4n) is 3.79. The van der Waals surface area contributed by atoms with E-state index in [1.54, 1.807) is 28.9 Å². The van der Waals surface area contributed by atoms with E-state index in [-0.39, 0.29) is 27.5 Å². The number of carboxylic acids is 1. The molecule has 1 aliphatic rings. The van der Waals surface area contributed by atoms with Gasteiger partial charge in [-0.25, -0.2) is 23.5 Å². The lowest BCUT2D eigenvalue weighted by Gasteiger charge is -2.37. The number of aromatic nitrogens is 3. The van der Waals surface area contributed by atoms with Gasteiger partial charge in [0, 0.05) is 31.6 Å². The van der Waals surface area contributed by atoms with E-state index in [0.29, 0.717) is 5.65 Å². The monoisotopic (exact) mass is 596 g/mol. The van der Waals surface area contributed by atoms with Crippen molar-refractivity contribution in [2.24, 2.45) is 0 Å². The number of imidazole rings is 1. The topological polar surface area (TPSA) is 97.0 Å². The smallest absolute Gasteiger partial charge is 0.475 e. The van der Waals surface area contributed by atoms with E-state index >= 15 is 0 Å². The second kappa shape index (κ2) is 10.5. The summed E-state index contributed by atoms with van der Waals surface area (Å²) in [6.07, 6.45) is -7.26. The molecule has 0 bridgehead atoms. The number of rotatable bonds is 3. The summed E-state index contributed by atoms with van der Waals surface area (Å²) >= 11 is 0.748. The molecule has 1 N–H and O–H groups in total. The number of benzene rings is 1. The van der Waals surface area contributed by atoms with Crippen LogP contribution in [-0.2, 0) is 11.0 Å². The first kappa shape index (κ1) is 29.0. The van der Waals surface area contributed by atoms with Crippen LogP contribution in [0.15, 0.2) is 48.9 Å². The second-order valence-corrected chi connectivity index (χ2v) is 9.37. The van der Waals surface area contributed by atoms with Gasteiger partial charge in [0.05, 0.1) is 27.9 Å². The Morgan fingerprint density at radius 3 is 2.42 bits per heavy atom. The summed E-state index contributed by atoms with van der Waals surface area (Å²) < 4.78 is 108. The number of ether oxygens (including phenoxy) is 1. The van der Waals surface area contributed by atoms with Crippen molar-refractivity contribution in [2.75, 3.05) is 13.1 Å². The van der Waals surface area contributed by atoms with Crippen LogP contribution in [0.4, 0.5) is 35.1 Å². The molecule has 1 fully saturated rings. The average molecular weight is 596 g/mol. The van der Waals surface area contributed by atoms with Crippen molar-refractivity contribution in [3.63, 3.8) is 0 Å². The molecule has 3 aromatic heterocycles. The van der Waals surface area contributed by atoms with Gasteiger partial charge < -0.3 is 19.1 Å². The van der Waals surface area contributed by atoms with Gasteiger partial charge in [0.1, 0.15) is 5.65 Å². The molecule has 17 heteroatoms. The van der Waals surface area contributed by atoms with Crippen LogP contribution in [-0.4, -0.2) is 67.5 Å². The normalized spacial score (nSPS) is 17.4. The van der Waals surface area contributed by atoms with Crippen molar-refractivity contribution in [3.8, 4) is 5.19 Å². The first-order valence-corrected chi connectivity index (χ1v) is 11.9. The van der Waals surface area contributed by atoms with Crippen molar-refractivity contribution in [1.29, 1.82) is 0 Å². The van der Waals surface area contributed by atoms with Crippen LogP contribution >= 0.6 is 11.3 Å². The Morgan fingerprint density at radius 2 is 1.77 bits per heavy atom. The van der Waals surface area contributed by atoms with Gasteiger partial charge >= 0.3 is 18.3 Å². The molecule has 1 atom stereocenters. The Bertz CT molecular complexity index is 1550. The van der Waals surface area contributed by atoms with Crippen LogP contribution in [0.25, 0.3) is 15.9 Å². The Morgan fingerprint density at radius 1 is 1.07 bits per heavy atom. The Labute approximate surface area is 222 Å². The lowest BCUT2D eigenvalue weighted by molar-refractivity contribution is -0.192. The van der Waals surface area contributed by atoms with Gasteiger partial charge in [0.25, 0.3) is 17.0 Å². The Kier molecular flexibility index (Phi) is 7.62. The summed E-state index contributed by atoms with van der Waals surface area (Å²) in [6.45, 7) is -0.652. The maximum absolute atomic E-state index is 14.6. The van der Waals surface area contributed by atoms with Crippen LogP contribution in [0, 0.1) is 0 Å². The highest BCUT2D eigenvalue weighted by molar-refractivity contribution is 7.20. The zero-order valence-electron chi connectivity index (χ0n) is 19.7. The van der Waals surface area contributed by atoms with Crippen LogP contribution in [0.2, 0.25) is 0 Å². The van der Waals surface area contributed by atoms with Gasteiger partial charge in [-0.3, -0.25) is 4.79 Å². The maximum Gasteiger partial charge on any atom is 0.490 e. The molecule has 4 aromatic rings. The molecule has 1 saturated heterocycles. The van der Waals surface area contributed by atoms with Crippen molar-refractivity contribution in [2.45, 2.75) is 30.8 Å². The van der Waals surface area contributed by atoms with E-state index in [4.69, 9.17) is 14.6 Å². The number of halogens is 8. The average Bonchev–Trinajstić information content (AvgIpc) is 3.50. The SMILES string of the molecule is O=C(O)C(F)(F)F.O=C(c1cccn2ccnc12)N1CCC(F)(F)[C@@H](Oc2nc3c(C(F)(F)F)cccc3s2)C1. The quantitative estimate of drug-likeness (QED) is 0.313. The molecule has 1 aliphatic heterocycles. The minimum Gasteiger partial charge on any atom is -0.475 e. The molecular weight excluding hydrogens is 580 g/mol. The molecule has 4 heterocycles. The molecule has 0 radical (unpaired) electrons. The number of piperidine rings is 1. The van der Waals surface area contributed by atoms with Gasteiger partial charge in [0.2, 0.25) is 0 Å². The fraction of sp³-hybridized carbons (Fsp3) is 0.304. The van der Waals surface area contributed by atoms with Crippen molar-refractivity contribution >= 4 is 39.1 Å². The summed E-state index contributed by atoms with van der Waals surface area (Å²) in [5.41, 5.74) is -0.682. The number of likely N-dealkylation sites (tertiary alicyclic amines) is 1. The van der Waals surface area contributed by atoms with E-state index in [2.05, 4.69) is 9.97 Å². The largest absolute Gasteiger partial charge is 0.490 e. The number of nitrogens with zero attached hydrogens (tertiary/aromatic N) is 4. The summed E-state index contributed by atoms with van der Waals surface area (Å²) in [4.78, 5) is 31.1. The van der Waals surface area contributed by atoms with Gasteiger partial charge in [-0.2, -0.15) is 26.3 Å². The number of carboxylic acid groups (broad SMARTS) is 1. The third-order valence-electron chi connectivity index (χ3n) is 5.70. The standard InChI is InChI=1S/C21H15F5N4O2S.C2HF3O2/c22-20(23)6-9-30(18(31)12-3-2-8-29-10-7-27-17(12)29)11-15(20)32-19-28-16-13(21(24,25)26)4-1-5-14(16)33-19;3-2(4,5)1(6)7/h1-5,7-8,10,15H,6,9,11H2;(H,6,7)/t15-;/m0./s1. The molecule has 5 rings (SSSR count). The van der Waals surface area contributed by atoms with Crippen LogP contribution in [0.3, 0.4) is 0 Å². The van der Waals surface area contributed by atoms with E-state index < -0.39 is 54.8 Å². The van der Waals surface area contributed by atoms with Gasteiger partial charge in [-0.05, 0) is 24.3 Å². The third-order valence-corrected chi connectivity index (χ3v) is 6.61. The van der Waals surface area contributed by atoms with Gasteiger partial charge in [-0.1, -0.05) is 17.4 Å². The zero-order chi connectivity index (χ0) is 29.5. The molecule has 214 valence electrons. The Hall–Kier alpha value is -4.02. The maximum atomic E-state index is 14.6. The van der Waals surface area contributed by atoms with Gasteiger partial charge in [0.15, 0.2) is 6.10 Å². The number of alkyl halides is 8. The van der Waals surface area contributed by atoms with Crippen LogP contribution in [0.5, 0.6) is 5.19 Å². The van der Waals surface area contributed by atoms with Crippen LogP contribution in [0.1, 0.15) is 22.3 Å². The minimum atomic E-state index is -5.08. The number of pyridine rings is 1. The van der Waals surface area contributed by atoms with Gasteiger partial charge in [-0.15, -0.1) is 0 Å². The third kappa shape index (κ3) is 6.08. The highest BCUT2D eigenvalue weighted by atomic mass is 32.1. The molecule has 0 spiro atoms. The first-order valence-electron chi connectivity index (χ1n) is 11.1. The van der Waals surface area contributed by atoms with Crippen molar-refractivity contribution < 1.29 is 54.6 Å². The Balaban J connectivity index is 0.000000470. The number of amides is 1. The predicted octanol–water partition coefficient (Wildman–Crippen LogP) is 5.52. The van der Waals surface area contributed by atoms with E-state index in [9.17, 15) is 39.9 Å². The summed E-state index contributed by atoms with van der Waals surface area (Å²) in [7, 11) is 0. The number of aliphatic carboxylic acids is 1. The highest BCUT2D eigenvalue weighted by Gasteiger charge is 2.48. The minimum absolute atomic E-state index is 0.165. The molecule has 40 heavy (non-hydrogen) atoms. The number of fused-ring (bicyclic) bond motifs is 2. The summed E-state index contributed by atoms with van der Waals surface area (Å²) in [5.74, 6) is -6.53. The lowest BCUT2D eigenvalue weighted by Crippen LogP contribution is -2.55. The highest BCUT2D eigenvalue weighted by Crippen LogP contribution is 2.40. The number of hydrogen-bond acceptors (Lipinski definition) is 6. The first-order chi connectivity index (χ1) is 18.6. The number of carbonyl (C=O) groups is 2. The molecule has 8 nitrogen and oxygen atoms in total. The van der Waals surface area contributed by atoms with Crippen LogP contribution < -0.4 is 4.74 Å². The molecular formula is C23H16F8N4O4S. The predicted molar refractivity (Wildman–Crippen MR) is 123 cm³/mol. The molecule has 1 aromatic carbocycles. The van der Waals surface area contributed by atoms with E-state index in [0.717, 1.165) is 17.4 Å². The number of para-hydroxylation sites is 1. The molecule has 0 aliphatic carbocycles.